The summed E-state index contributed by atoms with van der Waals surface area (Å²) < 4.78 is 11.2. The molecular formula is C15H13NO6S. The van der Waals surface area contributed by atoms with Crippen molar-refractivity contribution in [2.24, 2.45) is 0 Å². The lowest BCUT2D eigenvalue weighted by atomic mass is 10.1. The average molecular weight is 335 g/mol. The zero-order valence-corrected chi connectivity index (χ0v) is 13.2. The molecule has 120 valence electrons. The van der Waals surface area contributed by atoms with Crippen LogP contribution in [0.3, 0.4) is 0 Å². The van der Waals surface area contributed by atoms with Gasteiger partial charge in [-0.25, -0.2) is 0 Å². The van der Waals surface area contributed by atoms with E-state index in [0.29, 0.717) is 27.3 Å². The van der Waals surface area contributed by atoms with Crippen LogP contribution < -0.4 is 9.47 Å². The molecule has 1 aromatic carbocycles. The second kappa shape index (κ2) is 5.54. The summed E-state index contributed by atoms with van der Waals surface area (Å²) >= 11 is 1.19. The number of benzene rings is 1. The topological polar surface area (TPSA) is 93.1 Å². The van der Waals surface area contributed by atoms with Gasteiger partial charge in [0.15, 0.2) is 11.5 Å². The normalized spacial score (nSPS) is 13.6. The number of nitrogens with zero attached hydrogens (tertiary/aromatic N) is 1. The monoisotopic (exact) mass is 335 g/mol. The van der Waals surface area contributed by atoms with Gasteiger partial charge in [-0.2, -0.15) is 0 Å². The molecule has 0 radical (unpaired) electrons. The van der Waals surface area contributed by atoms with Crippen molar-refractivity contribution in [2.75, 3.05) is 20.8 Å². The van der Waals surface area contributed by atoms with E-state index < -0.39 is 17.8 Å². The second-order valence-corrected chi connectivity index (χ2v) is 5.97. The lowest BCUT2D eigenvalue weighted by Gasteiger charge is -2.13. The van der Waals surface area contributed by atoms with Crippen LogP contribution in [0, 0.1) is 0 Å². The number of aliphatic carboxylic acids is 1. The third-order valence-corrected chi connectivity index (χ3v) is 4.78. The maximum Gasteiger partial charge on any atom is 0.305 e. The zero-order valence-electron chi connectivity index (χ0n) is 12.4. The Bertz CT molecular complexity index is 840. The first-order valence-corrected chi connectivity index (χ1v) is 7.56. The Morgan fingerprint density at radius 3 is 2.43 bits per heavy atom. The lowest BCUT2D eigenvalue weighted by Crippen LogP contribution is -2.32. The molecule has 1 aromatic heterocycles. The van der Waals surface area contributed by atoms with Crippen molar-refractivity contribution in [3.05, 3.63) is 22.6 Å². The fourth-order valence-corrected chi connectivity index (χ4v) is 3.70. The number of rotatable bonds is 5. The first-order valence-electron chi connectivity index (χ1n) is 6.74. The van der Waals surface area contributed by atoms with Crippen molar-refractivity contribution >= 4 is 39.2 Å². The summed E-state index contributed by atoms with van der Waals surface area (Å²) in [7, 11) is 3.00. The molecule has 7 nitrogen and oxygen atoms in total. The van der Waals surface area contributed by atoms with Crippen molar-refractivity contribution in [1.29, 1.82) is 0 Å². The van der Waals surface area contributed by atoms with Crippen molar-refractivity contribution in [3.8, 4) is 11.5 Å². The molecule has 1 N–H and O–H groups in total. The number of amides is 2. The molecule has 2 heterocycles. The molecule has 0 spiro atoms. The number of hydrogen-bond acceptors (Lipinski definition) is 6. The van der Waals surface area contributed by atoms with Crippen LogP contribution in [0.15, 0.2) is 12.1 Å². The maximum atomic E-state index is 12.5. The van der Waals surface area contributed by atoms with Crippen LogP contribution in [-0.4, -0.2) is 48.6 Å². The van der Waals surface area contributed by atoms with E-state index in [1.54, 1.807) is 12.1 Å². The van der Waals surface area contributed by atoms with Gasteiger partial charge in [0, 0.05) is 22.7 Å². The minimum atomic E-state index is -1.06. The van der Waals surface area contributed by atoms with Crippen LogP contribution >= 0.6 is 11.3 Å². The summed E-state index contributed by atoms with van der Waals surface area (Å²) in [6.07, 6.45) is -0.276. The van der Waals surface area contributed by atoms with Gasteiger partial charge in [-0.3, -0.25) is 19.3 Å². The number of fused-ring (bicyclic) bond motifs is 3. The van der Waals surface area contributed by atoms with Crippen LogP contribution in [0.25, 0.3) is 10.1 Å². The fraction of sp³-hybridized carbons (Fsp3) is 0.267. The Kier molecular flexibility index (Phi) is 3.69. The third-order valence-electron chi connectivity index (χ3n) is 3.64. The Balaban J connectivity index is 2.08. The van der Waals surface area contributed by atoms with Crippen LogP contribution in [0.2, 0.25) is 0 Å². The molecule has 0 saturated heterocycles. The van der Waals surface area contributed by atoms with Crippen LogP contribution in [0.4, 0.5) is 0 Å². The molecule has 23 heavy (non-hydrogen) atoms. The van der Waals surface area contributed by atoms with Gasteiger partial charge >= 0.3 is 5.97 Å². The van der Waals surface area contributed by atoms with E-state index in [-0.39, 0.29) is 13.0 Å². The number of carboxylic acids is 1. The highest BCUT2D eigenvalue weighted by Gasteiger charge is 2.39. The summed E-state index contributed by atoms with van der Waals surface area (Å²) in [6.45, 7) is -0.136. The molecule has 0 unspecified atom stereocenters. The number of ether oxygens (including phenoxy) is 2. The van der Waals surface area contributed by atoms with E-state index in [1.807, 2.05) is 0 Å². The first-order chi connectivity index (χ1) is 11.0. The summed E-state index contributed by atoms with van der Waals surface area (Å²) in [5.74, 6) is -1.00. The number of carbonyl (C=O) groups is 3. The molecular weight excluding hydrogens is 322 g/mol. The predicted octanol–water partition coefficient (Wildman–Crippen LogP) is 1.99. The Labute approximate surface area is 135 Å². The largest absolute Gasteiger partial charge is 0.493 e. The average Bonchev–Trinajstić information content (AvgIpc) is 3.00. The molecule has 0 atom stereocenters. The van der Waals surface area contributed by atoms with E-state index in [9.17, 15) is 14.4 Å². The quantitative estimate of drug-likeness (QED) is 0.840. The number of thiophene rings is 1. The molecule has 1 aliphatic rings. The SMILES string of the molecule is COc1cc2sc3c(c2cc1OC)C(=O)N(CCC(=O)O)C3=O. The van der Waals surface area contributed by atoms with Gasteiger partial charge in [0.2, 0.25) is 0 Å². The number of carboxylic acid groups (broad SMARTS) is 1. The lowest BCUT2D eigenvalue weighted by molar-refractivity contribution is -0.137. The van der Waals surface area contributed by atoms with Crippen molar-refractivity contribution in [3.63, 3.8) is 0 Å². The van der Waals surface area contributed by atoms with Crippen molar-refractivity contribution in [2.45, 2.75) is 6.42 Å². The van der Waals surface area contributed by atoms with Gasteiger partial charge in [0.05, 0.1) is 26.2 Å². The number of methoxy groups -OCH3 is 2. The zero-order chi connectivity index (χ0) is 16.7. The standard InChI is InChI=1S/C15H13NO6S/c1-21-8-5-7-10(6-9(8)22-2)23-13-12(7)14(19)16(15(13)20)4-3-11(17)18/h5-6H,3-4H2,1-2H3,(H,17,18). The summed E-state index contributed by atoms with van der Waals surface area (Å²) in [5, 5.41) is 9.34. The predicted molar refractivity (Wildman–Crippen MR) is 82.5 cm³/mol. The van der Waals surface area contributed by atoms with E-state index in [4.69, 9.17) is 14.6 Å². The van der Waals surface area contributed by atoms with E-state index in [0.717, 1.165) is 9.60 Å². The smallest absolute Gasteiger partial charge is 0.305 e. The number of hydrogen-bond donors (Lipinski definition) is 1. The van der Waals surface area contributed by atoms with Gasteiger partial charge in [-0.1, -0.05) is 0 Å². The Morgan fingerprint density at radius 1 is 1.17 bits per heavy atom. The minimum absolute atomic E-state index is 0.136. The molecule has 8 heteroatoms. The molecule has 0 bridgehead atoms. The Hall–Kier alpha value is -2.61. The summed E-state index contributed by atoms with van der Waals surface area (Å²) in [5.41, 5.74) is 0.307. The molecule has 0 fully saturated rings. The molecule has 0 aliphatic carbocycles. The molecule has 2 aromatic rings. The summed E-state index contributed by atoms with van der Waals surface area (Å²) in [4.78, 5) is 36.8. The van der Waals surface area contributed by atoms with Crippen molar-refractivity contribution in [1.82, 2.24) is 4.90 Å². The highest BCUT2D eigenvalue weighted by Crippen LogP contribution is 2.42. The minimum Gasteiger partial charge on any atom is -0.493 e. The Morgan fingerprint density at radius 2 is 1.83 bits per heavy atom. The third kappa shape index (κ3) is 2.31. The second-order valence-electron chi connectivity index (χ2n) is 4.92. The maximum absolute atomic E-state index is 12.5. The van der Waals surface area contributed by atoms with Crippen molar-refractivity contribution < 1.29 is 29.0 Å². The first kappa shape index (κ1) is 15.3. The molecule has 0 saturated carbocycles. The highest BCUT2D eigenvalue weighted by atomic mass is 32.1. The number of imide groups is 1. The van der Waals surface area contributed by atoms with Crippen LogP contribution in [-0.2, 0) is 4.79 Å². The van der Waals surface area contributed by atoms with E-state index in [1.165, 1.54) is 25.6 Å². The van der Waals surface area contributed by atoms with Gasteiger partial charge in [-0.15, -0.1) is 11.3 Å². The van der Waals surface area contributed by atoms with Gasteiger partial charge < -0.3 is 14.6 Å². The van der Waals surface area contributed by atoms with Gasteiger partial charge in [0.25, 0.3) is 11.8 Å². The molecule has 2 amide bonds. The molecule has 3 rings (SSSR count). The van der Waals surface area contributed by atoms with E-state index >= 15 is 0 Å². The van der Waals surface area contributed by atoms with E-state index in [2.05, 4.69) is 0 Å². The molecule has 1 aliphatic heterocycles. The summed E-state index contributed by atoms with van der Waals surface area (Å²) in [6, 6.07) is 3.38. The fourth-order valence-electron chi connectivity index (χ4n) is 2.55. The van der Waals surface area contributed by atoms with Gasteiger partial charge in [-0.05, 0) is 6.07 Å². The number of carbonyl (C=O) groups excluding carboxylic acids is 2. The van der Waals surface area contributed by atoms with Crippen LogP contribution in [0.1, 0.15) is 26.5 Å². The van der Waals surface area contributed by atoms with Gasteiger partial charge in [0.1, 0.15) is 4.88 Å². The highest BCUT2D eigenvalue weighted by molar-refractivity contribution is 7.21. The van der Waals surface area contributed by atoms with Crippen LogP contribution in [0.5, 0.6) is 11.5 Å².